The summed E-state index contributed by atoms with van der Waals surface area (Å²) >= 11 is 0.967. The molecule has 1 heterocycles. The molecule has 3 aromatic rings. The molecular formula is C15H5F5O2S. The van der Waals surface area contributed by atoms with Gasteiger partial charge >= 0.3 is 5.97 Å². The summed E-state index contributed by atoms with van der Waals surface area (Å²) in [4.78, 5) is 11.9. The van der Waals surface area contributed by atoms with Crippen molar-refractivity contribution in [3.8, 4) is 5.75 Å². The summed E-state index contributed by atoms with van der Waals surface area (Å²) in [6.45, 7) is 0. The average molecular weight is 344 g/mol. The molecule has 0 aliphatic carbocycles. The van der Waals surface area contributed by atoms with Crippen LogP contribution in [0.5, 0.6) is 5.75 Å². The van der Waals surface area contributed by atoms with E-state index in [9.17, 15) is 26.7 Å². The van der Waals surface area contributed by atoms with Gasteiger partial charge in [-0.2, -0.15) is 8.78 Å². The SMILES string of the molecule is O=C(Oc1c(F)c(F)c(F)c(F)c1F)c1cc2ccccc2s1. The molecule has 1 aromatic heterocycles. The molecule has 3 rings (SSSR count). The Bertz CT molecular complexity index is 873. The van der Waals surface area contributed by atoms with E-state index in [0.717, 1.165) is 11.3 Å². The molecule has 0 aliphatic rings. The van der Waals surface area contributed by atoms with E-state index < -0.39 is 40.8 Å². The van der Waals surface area contributed by atoms with Crippen molar-refractivity contribution in [1.29, 1.82) is 0 Å². The summed E-state index contributed by atoms with van der Waals surface area (Å²) in [5, 5.41) is 0.682. The Kier molecular flexibility index (Phi) is 3.77. The molecule has 0 atom stereocenters. The quantitative estimate of drug-likeness (QED) is 0.219. The van der Waals surface area contributed by atoms with Crippen LogP contribution in [-0.4, -0.2) is 5.97 Å². The maximum atomic E-state index is 13.5. The molecule has 23 heavy (non-hydrogen) atoms. The second kappa shape index (κ2) is 5.62. The molecule has 0 bridgehead atoms. The summed E-state index contributed by atoms with van der Waals surface area (Å²) < 4.78 is 71.1. The smallest absolute Gasteiger partial charge is 0.353 e. The molecule has 2 aromatic carbocycles. The zero-order valence-corrected chi connectivity index (χ0v) is 11.8. The molecule has 0 spiro atoms. The summed E-state index contributed by atoms with van der Waals surface area (Å²) in [7, 11) is 0. The van der Waals surface area contributed by atoms with Crippen LogP contribution >= 0.6 is 11.3 Å². The molecule has 0 unspecified atom stereocenters. The van der Waals surface area contributed by atoms with Crippen molar-refractivity contribution in [2.45, 2.75) is 0 Å². The summed E-state index contributed by atoms with van der Waals surface area (Å²) in [6, 6.07) is 8.23. The Morgan fingerprint density at radius 2 is 1.43 bits per heavy atom. The number of halogens is 5. The number of hydrogen-bond acceptors (Lipinski definition) is 3. The van der Waals surface area contributed by atoms with Gasteiger partial charge in [-0.05, 0) is 17.5 Å². The predicted octanol–water partition coefficient (Wildman–Crippen LogP) is 4.82. The van der Waals surface area contributed by atoms with Crippen LogP contribution in [0.25, 0.3) is 10.1 Å². The molecule has 0 radical (unpaired) electrons. The Hall–Kier alpha value is -2.48. The van der Waals surface area contributed by atoms with E-state index in [4.69, 9.17) is 0 Å². The largest absolute Gasteiger partial charge is 0.416 e. The topological polar surface area (TPSA) is 26.3 Å². The van der Waals surface area contributed by atoms with E-state index in [1.807, 2.05) is 0 Å². The molecule has 0 aliphatic heterocycles. The number of rotatable bonds is 2. The lowest BCUT2D eigenvalue weighted by molar-refractivity contribution is 0.0721. The van der Waals surface area contributed by atoms with Gasteiger partial charge in [-0.15, -0.1) is 11.3 Å². The maximum absolute atomic E-state index is 13.5. The summed E-state index contributed by atoms with van der Waals surface area (Å²) in [5.74, 6) is -13.9. The van der Waals surface area contributed by atoms with Crippen LogP contribution in [0.15, 0.2) is 30.3 Å². The van der Waals surface area contributed by atoms with Crippen molar-refractivity contribution in [3.63, 3.8) is 0 Å². The van der Waals surface area contributed by atoms with E-state index in [0.29, 0.717) is 10.1 Å². The van der Waals surface area contributed by atoms with E-state index >= 15 is 0 Å². The average Bonchev–Trinajstić information content (AvgIpc) is 2.99. The first-order chi connectivity index (χ1) is 10.9. The maximum Gasteiger partial charge on any atom is 0.353 e. The van der Waals surface area contributed by atoms with Crippen LogP contribution in [0.2, 0.25) is 0 Å². The van der Waals surface area contributed by atoms with Crippen LogP contribution in [0.1, 0.15) is 9.67 Å². The highest BCUT2D eigenvalue weighted by Gasteiger charge is 2.29. The van der Waals surface area contributed by atoms with Gasteiger partial charge in [0.2, 0.25) is 34.8 Å². The van der Waals surface area contributed by atoms with Crippen LogP contribution < -0.4 is 4.74 Å². The van der Waals surface area contributed by atoms with Crippen molar-refractivity contribution < 1.29 is 31.5 Å². The van der Waals surface area contributed by atoms with Gasteiger partial charge < -0.3 is 4.74 Å². The number of benzene rings is 2. The first kappa shape index (κ1) is 15.4. The van der Waals surface area contributed by atoms with Gasteiger partial charge in [0.05, 0.1) is 0 Å². The van der Waals surface area contributed by atoms with Crippen LogP contribution in [-0.2, 0) is 0 Å². The van der Waals surface area contributed by atoms with Crippen LogP contribution in [0, 0.1) is 29.1 Å². The number of ether oxygens (including phenoxy) is 1. The first-order valence-electron chi connectivity index (χ1n) is 6.12. The zero-order valence-electron chi connectivity index (χ0n) is 11.0. The first-order valence-corrected chi connectivity index (χ1v) is 6.94. The highest BCUT2D eigenvalue weighted by molar-refractivity contribution is 7.20. The fourth-order valence-corrected chi connectivity index (χ4v) is 2.84. The number of thiophene rings is 1. The van der Waals surface area contributed by atoms with E-state index in [1.54, 1.807) is 24.3 Å². The van der Waals surface area contributed by atoms with Gasteiger partial charge in [0.15, 0.2) is 0 Å². The Morgan fingerprint density at radius 3 is 2.04 bits per heavy atom. The zero-order chi connectivity index (χ0) is 16.7. The van der Waals surface area contributed by atoms with E-state index in [-0.39, 0.29) is 4.88 Å². The van der Waals surface area contributed by atoms with E-state index in [1.165, 1.54) is 6.07 Å². The standard InChI is InChI=1S/C15H5F5O2S/c16-9-10(17)12(19)14(13(20)11(9)18)22-15(21)8-5-6-3-1-2-4-7(6)23-8/h1-5H. The molecular weight excluding hydrogens is 339 g/mol. The van der Waals surface area contributed by atoms with Crippen molar-refractivity contribution >= 4 is 27.4 Å². The molecule has 0 N–H and O–H groups in total. The third kappa shape index (κ3) is 2.55. The van der Waals surface area contributed by atoms with E-state index in [2.05, 4.69) is 4.74 Å². The second-order valence-electron chi connectivity index (χ2n) is 4.44. The van der Waals surface area contributed by atoms with Crippen molar-refractivity contribution in [3.05, 3.63) is 64.3 Å². The van der Waals surface area contributed by atoms with Crippen molar-refractivity contribution in [2.75, 3.05) is 0 Å². The monoisotopic (exact) mass is 344 g/mol. The number of fused-ring (bicyclic) bond motifs is 1. The molecule has 2 nitrogen and oxygen atoms in total. The minimum atomic E-state index is -2.32. The van der Waals surface area contributed by atoms with Crippen molar-refractivity contribution in [2.24, 2.45) is 0 Å². The Morgan fingerprint density at radius 1 is 0.870 bits per heavy atom. The predicted molar refractivity (Wildman–Crippen MR) is 73.0 cm³/mol. The molecule has 0 saturated heterocycles. The lowest BCUT2D eigenvalue weighted by Crippen LogP contribution is -2.12. The highest BCUT2D eigenvalue weighted by Crippen LogP contribution is 2.31. The molecule has 8 heteroatoms. The number of carbonyl (C=O) groups excluding carboxylic acids is 1. The normalized spacial score (nSPS) is 11.0. The minimum Gasteiger partial charge on any atom is -0.416 e. The summed E-state index contributed by atoms with van der Waals surface area (Å²) in [6.07, 6.45) is 0. The molecule has 0 saturated carbocycles. The van der Waals surface area contributed by atoms with Gasteiger partial charge in [-0.25, -0.2) is 18.0 Å². The third-order valence-electron chi connectivity index (χ3n) is 2.99. The third-order valence-corrected chi connectivity index (χ3v) is 4.09. The molecule has 118 valence electrons. The lowest BCUT2D eigenvalue weighted by Gasteiger charge is -2.07. The fraction of sp³-hybridized carbons (Fsp3) is 0. The lowest BCUT2D eigenvalue weighted by atomic mass is 10.2. The van der Waals surface area contributed by atoms with Gasteiger partial charge in [0, 0.05) is 4.70 Å². The fourth-order valence-electron chi connectivity index (χ4n) is 1.90. The molecule has 0 amide bonds. The van der Waals surface area contributed by atoms with Crippen molar-refractivity contribution in [1.82, 2.24) is 0 Å². The van der Waals surface area contributed by atoms with Crippen LogP contribution in [0.4, 0.5) is 22.0 Å². The number of hydrogen-bond donors (Lipinski definition) is 0. The van der Waals surface area contributed by atoms with Gasteiger partial charge in [-0.3, -0.25) is 0 Å². The summed E-state index contributed by atoms with van der Waals surface area (Å²) in [5.41, 5.74) is 0. The Labute approximate surface area is 129 Å². The van der Waals surface area contributed by atoms with Gasteiger partial charge in [0.1, 0.15) is 4.88 Å². The van der Waals surface area contributed by atoms with Crippen LogP contribution in [0.3, 0.4) is 0 Å². The van der Waals surface area contributed by atoms with Gasteiger partial charge in [0.25, 0.3) is 0 Å². The van der Waals surface area contributed by atoms with Gasteiger partial charge in [-0.1, -0.05) is 18.2 Å². The minimum absolute atomic E-state index is 0.0323. The highest BCUT2D eigenvalue weighted by atomic mass is 32.1. The molecule has 0 fully saturated rings. The Balaban J connectivity index is 2.00. The number of esters is 1. The second-order valence-corrected chi connectivity index (χ2v) is 5.52. The number of carbonyl (C=O) groups is 1.